The van der Waals surface area contributed by atoms with Crippen LogP contribution in [0.15, 0.2) is 29.3 Å². The van der Waals surface area contributed by atoms with E-state index >= 15 is 0 Å². The molecule has 0 bridgehead atoms. The van der Waals surface area contributed by atoms with Crippen LogP contribution in [0.1, 0.15) is 37.7 Å². The fourth-order valence-electron chi connectivity index (χ4n) is 2.20. The van der Waals surface area contributed by atoms with Gasteiger partial charge in [0, 0.05) is 35.9 Å². The largest absolute Gasteiger partial charge is 0.310 e. The number of nitrogens with zero attached hydrogens (tertiary/aromatic N) is 4. The fraction of sp³-hybridized carbons (Fsp3) is 0.500. The molecule has 1 atom stereocenters. The topological polar surface area (TPSA) is 55.6 Å². The van der Waals surface area contributed by atoms with E-state index < -0.39 is 0 Å². The van der Waals surface area contributed by atoms with Crippen LogP contribution < -0.4 is 5.32 Å². The summed E-state index contributed by atoms with van der Waals surface area (Å²) in [6.07, 6.45) is 7.20. The van der Waals surface area contributed by atoms with Crippen LogP contribution in [0.5, 0.6) is 0 Å². The number of pyridine rings is 1. The van der Waals surface area contributed by atoms with Gasteiger partial charge in [0.25, 0.3) is 0 Å². The molecule has 0 saturated carbocycles. The molecule has 5 nitrogen and oxygen atoms in total. The van der Waals surface area contributed by atoms with E-state index in [-0.39, 0.29) is 6.04 Å². The Morgan fingerprint density at radius 2 is 2.20 bits per heavy atom. The molecule has 20 heavy (non-hydrogen) atoms. The molecule has 0 aliphatic heterocycles. The maximum atomic E-state index is 4.38. The quantitative estimate of drug-likeness (QED) is 0.843. The number of aryl methyl sites for hydroxylation is 1. The number of likely N-dealkylation sites (N-methyl/N-ethyl adjacent to an activating group) is 1. The average molecular weight is 338 g/mol. The smallest absolute Gasteiger partial charge is 0.138 e. The summed E-state index contributed by atoms with van der Waals surface area (Å²) in [6, 6.07) is 2.30. The summed E-state index contributed by atoms with van der Waals surface area (Å²) in [7, 11) is 0. The molecule has 1 unspecified atom stereocenters. The van der Waals surface area contributed by atoms with Crippen LogP contribution >= 0.6 is 15.9 Å². The normalized spacial score (nSPS) is 12.6. The molecule has 1 N–H and O–H groups in total. The second kappa shape index (κ2) is 7.50. The van der Waals surface area contributed by atoms with Crippen molar-refractivity contribution in [3.8, 4) is 0 Å². The van der Waals surface area contributed by atoms with E-state index in [4.69, 9.17) is 0 Å². The summed E-state index contributed by atoms with van der Waals surface area (Å²) < 4.78 is 2.98. The fourth-order valence-corrected chi connectivity index (χ4v) is 2.58. The third-order valence-corrected chi connectivity index (χ3v) is 3.53. The number of hydrogen-bond acceptors (Lipinski definition) is 4. The van der Waals surface area contributed by atoms with Crippen molar-refractivity contribution in [1.82, 2.24) is 25.1 Å². The molecule has 2 rings (SSSR count). The molecule has 0 saturated heterocycles. The van der Waals surface area contributed by atoms with E-state index in [2.05, 4.69) is 56.2 Å². The Kier molecular flexibility index (Phi) is 5.67. The zero-order valence-corrected chi connectivity index (χ0v) is 13.5. The minimum Gasteiger partial charge on any atom is -0.310 e. The van der Waals surface area contributed by atoms with Gasteiger partial charge in [-0.15, -0.1) is 0 Å². The molecule has 2 aromatic heterocycles. The second-order valence-electron chi connectivity index (χ2n) is 4.65. The van der Waals surface area contributed by atoms with Crippen LogP contribution in [-0.2, 0) is 13.0 Å². The van der Waals surface area contributed by atoms with E-state index in [1.165, 1.54) is 0 Å². The van der Waals surface area contributed by atoms with Gasteiger partial charge in [0.15, 0.2) is 0 Å². The van der Waals surface area contributed by atoms with Crippen LogP contribution in [0.3, 0.4) is 0 Å². The van der Waals surface area contributed by atoms with Crippen LogP contribution in [-0.4, -0.2) is 26.3 Å². The van der Waals surface area contributed by atoms with E-state index in [0.717, 1.165) is 41.8 Å². The lowest BCUT2D eigenvalue weighted by Crippen LogP contribution is -2.24. The van der Waals surface area contributed by atoms with E-state index in [1.807, 2.05) is 10.9 Å². The van der Waals surface area contributed by atoms with Crippen molar-refractivity contribution in [2.24, 2.45) is 0 Å². The Balaban J connectivity index is 2.18. The van der Waals surface area contributed by atoms with Gasteiger partial charge in [-0.1, -0.05) is 13.8 Å². The molecule has 0 amide bonds. The van der Waals surface area contributed by atoms with Gasteiger partial charge in [-0.2, -0.15) is 5.10 Å². The first kappa shape index (κ1) is 15.1. The van der Waals surface area contributed by atoms with Crippen molar-refractivity contribution in [2.45, 2.75) is 39.3 Å². The van der Waals surface area contributed by atoms with Crippen LogP contribution in [0.4, 0.5) is 0 Å². The first-order chi connectivity index (χ1) is 9.74. The highest BCUT2D eigenvalue weighted by Gasteiger charge is 2.15. The van der Waals surface area contributed by atoms with E-state index in [0.29, 0.717) is 0 Å². The molecule has 2 heterocycles. The summed E-state index contributed by atoms with van der Waals surface area (Å²) in [5, 5.41) is 7.78. The Morgan fingerprint density at radius 3 is 2.90 bits per heavy atom. The molecule has 0 aliphatic carbocycles. The van der Waals surface area contributed by atoms with Gasteiger partial charge in [0.2, 0.25) is 0 Å². The number of rotatable bonds is 7. The maximum absolute atomic E-state index is 4.38. The number of hydrogen-bond donors (Lipinski definition) is 1. The summed E-state index contributed by atoms with van der Waals surface area (Å²) in [4.78, 5) is 8.63. The summed E-state index contributed by atoms with van der Waals surface area (Å²) in [5.41, 5.74) is 1.16. The van der Waals surface area contributed by atoms with Gasteiger partial charge in [0.05, 0.1) is 0 Å². The van der Waals surface area contributed by atoms with Gasteiger partial charge in [0.1, 0.15) is 12.2 Å². The van der Waals surface area contributed by atoms with Crippen molar-refractivity contribution >= 4 is 15.9 Å². The number of aromatic nitrogens is 4. The minimum absolute atomic E-state index is 0.199. The monoisotopic (exact) mass is 337 g/mol. The van der Waals surface area contributed by atoms with E-state index in [9.17, 15) is 0 Å². The first-order valence-electron chi connectivity index (χ1n) is 6.95. The van der Waals surface area contributed by atoms with Gasteiger partial charge in [-0.3, -0.25) is 9.67 Å². The van der Waals surface area contributed by atoms with Crippen LogP contribution in [0.25, 0.3) is 0 Å². The number of nitrogens with one attached hydrogen (secondary N) is 1. The summed E-state index contributed by atoms with van der Waals surface area (Å²) >= 11 is 3.48. The SMILES string of the molecule is CCCn1ncnc1CC(NCC)c1cncc(Br)c1. The van der Waals surface area contributed by atoms with Gasteiger partial charge in [-0.25, -0.2) is 4.98 Å². The molecule has 0 fully saturated rings. The standard InChI is InChI=1S/C14H20BrN5/c1-3-5-20-14(18-10-19-20)7-13(17-4-2)11-6-12(15)9-16-8-11/h6,8-10,13,17H,3-5,7H2,1-2H3. The lowest BCUT2D eigenvalue weighted by Gasteiger charge is -2.18. The number of halogens is 1. The summed E-state index contributed by atoms with van der Waals surface area (Å²) in [5.74, 6) is 1.01. The van der Waals surface area contributed by atoms with Gasteiger partial charge < -0.3 is 5.32 Å². The zero-order chi connectivity index (χ0) is 14.4. The van der Waals surface area contributed by atoms with Crippen molar-refractivity contribution in [3.63, 3.8) is 0 Å². The highest BCUT2D eigenvalue weighted by molar-refractivity contribution is 9.10. The van der Waals surface area contributed by atoms with E-state index in [1.54, 1.807) is 12.5 Å². The minimum atomic E-state index is 0.199. The molecule has 6 heteroatoms. The van der Waals surface area contributed by atoms with Gasteiger partial charge >= 0.3 is 0 Å². The third kappa shape index (κ3) is 3.86. The Hall–Kier alpha value is -1.27. The lowest BCUT2D eigenvalue weighted by molar-refractivity contribution is 0.497. The third-order valence-electron chi connectivity index (χ3n) is 3.10. The highest BCUT2D eigenvalue weighted by Crippen LogP contribution is 2.20. The van der Waals surface area contributed by atoms with Crippen molar-refractivity contribution < 1.29 is 0 Å². The van der Waals surface area contributed by atoms with Gasteiger partial charge in [-0.05, 0) is 40.5 Å². The Labute approximate surface area is 128 Å². The molecule has 0 spiro atoms. The molecule has 0 aromatic carbocycles. The summed E-state index contributed by atoms with van der Waals surface area (Å²) in [6.45, 7) is 6.06. The molecule has 108 valence electrons. The predicted molar refractivity (Wildman–Crippen MR) is 82.4 cm³/mol. The maximum Gasteiger partial charge on any atom is 0.138 e. The van der Waals surface area contributed by atoms with Crippen molar-refractivity contribution in [1.29, 1.82) is 0 Å². The predicted octanol–water partition coefficient (Wildman–Crippen LogP) is 2.74. The second-order valence-corrected chi connectivity index (χ2v) is 5.57. The Morgan fingerprint density at radius 1 is 1.35 bits per heavy atom. The molecular formula is C14H20BrN5. The zero-order valence-electron chi connectivity index (χ0n) is 11.9. The average Bonchev–Trinajstić information content (AvgIpc) is 2.86. The van der Waals surface area contributed by atoms with Crippen molar-refractivity contribution in [3.05, 3.63) is 40.6 Å². The van der Waals surface area contributed by atoms with Crippen LogP contribution in [0, 0.1) is 0 Å². The Bertz CT molecular complexity index is 540. The highest BCUT2D eigenvalue weighted by atomic mass is 79.9. The lowest BCUT2D eigenvalue weighted by atomic mass is 10.1. The molecular weight excluding hydrogens is 318 g/mol. The van der Waals surface area contributed by atoms with Crippen LogP contribution in [0.2, 0.25) is 0 Å². The molecule has 2 aromatic rings. The molecule has 0 radical (unpaired) electrons. The molecule has 0 aliphatic rings. The van der Waals surface area contributed by atoms with Crippen molar-refractivity contribution in [2.75, 3.05) is 6.54 Å². The first-order valence-corrected chi connectivity index (χ1v) is 7.74.